The quantitative estimate of drug-likeness (QED) is 0.351. The van der Waals surface area contributed by atoms with Crippen molar-refractivity contribution in [1.82, 2.24) is 15.6 Å². The molecule has 3 rings (SSSR count). The number of hydrogen-bond acceptors (Lipinski definition) is 5. The van der Waals surface area contributed by atoms with Crippen LogP contribution in [0.2, 0.25) is 0 Å². The van der Waals surface area contributed by atoms with Crippen molar-refractivity contribution in [3.63, 3.8) is 0 Å². The number of guanidine groups is 1. The monoisotopic (exact) mass is 416 g/mol. The van der Waals surface area contributed by atoms with Crippen LogP contribution in [0.1, 0.15) is 31.2 Å². The fraction of sp³-hybridized carbons (Fsp3) is 0.545. The molecular formula is C22H32N4O2S. The van der Waals surface area contributed by atoms with Crippen LogP contribution < -0.4 is 10.6 Å². The summed E-state index contributed by atoms with van der Waals surface area (Å²) >= 11 is 1.65. The lowest BCUT2D eigenvalue weighted by Gasteiger charge is -2.21. The zero-order valence-corrected chi connectivity index (χ0v) is 18.0. The number of nitrogens with one attached hydrogen (secondary N) is 2. The zero-order chi connectivity index (χ0) is 20.2. The number of benzene rings is 1. The van der Waals surface area contributed by atoms with Crippen LogP contribution in [0.15, 0.2) is 40.7 Å². The van der Waals surface area contributed by atoms with Gasteiger partial charge in [-0.25, -0.2) is 9.98 Å². The summed E-state index contributed by atoms with van der Waals surface area (Å²) in [6, 6.07) is 10.3. The molecule has 0 amide bonds. The third kappa shape index (κ3) is 7.76. The molecule has 0 unspecified atom stereocenters. The first-order valence-corrected chi connectivity index (χ1v) is 11.4. The third-order valence-electron chi connectivity index (χ3n) is 4.79. The van der Waals surface area contributed by atoms with Gasteiger partial charge < -0.3 is 20.1 Å². The maximum Gasteiger partial charge on any atom is 0.191 e. The average Bonchev–Trinajstić information content (AvgIpc) is 3.25. The summed E-state index contributed by atoms with van der Waals surface area (Å²) < 4.78 is 11.2. The van der Waals surface area contributed by atoms with E-state index >= 15 is 0 Å². The van der Waals surface area contributed by atoms with E-state index in [2.05, 4.69) is 40.1 Å². The molecule has 1 saturated heterocycles. The number of rotatable bonds is 10. The van der Waals surface area contributed by atoms with Crippen molar-refractivity contribution in [3.8, 4) is 11.3 Å². The average molecular weight is 417 g/mol. The summed E-state index contributed by atoms with van der Waals surface area (Å²) in [4.78, 5) is 9.37. The molecule has 158 valence electrons. The predicted octanol–water partition coefficient (Wildman–Crippen LogP) is 3.70. The van der Waals surface area contributed by atoms with Crippen LogP contribution >= 0.6 is 11.3 Å². The van der Waals surface area contributed by atoms with E-state index in [-0.39, 0.29) is 0 Å². The minimum Gasteiger partial charge on any atom is -0.381 e. The fourth-order valence-corrected chi connectivity index (χ4v) is 3.88. The Hall–Kier alpha value is -1.96. The Kier molecular flexibility index (Phi) is 9.42. The second-order valence-corrected chi connectivity index (χ2v) is 8.04. The summed E-state index contributed by atoms with van der Waals surface area (Å²) in [7, 11) is 0. The lowest BCUT2D eigenvalue weighted by molar-refractivity contribution is 0.0203. The van der Waals surface area contributed by atoms with Crippen molar-refractivity contribution in [2.45, 2.75) is 32.7 Å². The Morgan fingerprint density at radius 3 is 2.86 bits per heavy atom. The highest BCUT2D eigenvalue weighted by molar-refractivity contribution is 7.09. The van der Waals surface area contributed by atoms with Gasteiger partial charge in [-0.1, -0.05) is 30.3 Å². The highest BCUT2D eigenvalue weighted by atomic mass is 32.1. The van der Waals surface area contributed by atoms with E-state index in [1.54, 1.807) is 11.3 Å². The highest BCUT2D eigenvalue weighted by Crippen LogP contribution is 2.21. The van der Waals surface area contributed by atoms with Crippen molar-refractivity contribution in [3.05, 3.63) is 40.7 Å². The lowest BCUT2D eigenvalue weighted by Crippen LogP contribution is -2.38. The van der Waals surface area contributed by atoms with Crippen molar-refractivity contribution >= 4 is 17.3 Å². The number of hydrogen-bond donors (Lipinski definition) is 2. The Balaban J connectivity index is 1.37. The molecule has 7 heteroatoms. The molecule has 0 atom stereocenters. The van der Waals surface area contributed by atoms with E-state index in [1.807, 2.05) is 18.2 Å². The second kappa shape index (κ2) is 12.6. The molecule has 0 radical (unpaired) electrons. The highest BCUT2D eigenvalue weighted by Gasteiger charge is 2.13. The number of aromatic nitrogens is 1. The van der Waals surface area contributed by atoms with Gasteiger partial charge in [-0.2, -0.15) is 0 Å². The summed E-state index contributed by atoms with van der Waals surface area (Å²) in [5.41, 5.74) is 2.16. The largest absolute Gasteiger partial charge is 0.381 e. The normalized spacial score (nSPS) is 15.4. The summed E-state index contributed by atoms with van der Waals surface area (Å²) in [5, 5.41) is 9.79. The second-order valence-electron chi connectivity index (χ2n) is 7.10. The number of aliphatic imine (C=N–C) groups is 1. The maximum absolute atomic E-state index is 5.82. The van der Waals surface area contributed by atoms with Crippen LogP contribution in [0, 0.1) is 5.92 Å². The standard InChI is InChI=1S/C22H32N4O2S/c1-2-23-22(24-11-6-12-28-16-18-9-13-27-14-10-18)25-15-21-26-20(17-29-21)19-7-4-3-5-8-19/h3-5,7-8,17-18H,2,6,9-16H2,1H3,(H2,23,24,25). The van der Waals surface area contributed by atoms with E-state index in [0.29, 0.717) is 12.5 Å². The van der Waals surface area contributed by atoms with Crippen LogP contribution in [-0.4, -0.2) is 50.5 Å². The van der Waals surface area contributed by atoms with Gasteiger partial charge in [0.15, 0.2) is 5.96 Å². The minimum atomic E-state index is 0.576. The van der Waals surface area contributed by atoms with Crippen LogP contribution in [-0.2, 0) is 16.0 Å². The topological polar surface area (TPSA) is 67.8 Å². The summed E-state index contributed by atoms with van der Waals surface area (Å²) in [5.74, 6) is 1.49. The van der Waals surface area contributed by atoms with Gasteiger partial charge in [0.25, 0.3) is 0 Å². The van der Waals surface area contributed by atoms with Crippen LogP contribution in [0.3, 0.4) is 0 Å². The predicted molar refractivity (Wildman–Crippen MR) is 119 cm³/mol. The van der Waals surface area contributed by atoms with Crippen LogP contribution in [0.4, 0.5) is 0 Å². The van der Waals surface area contributed by atoms with Gasteiger partial charge in [0.2, 0.25) is 0 Å². The van der Waals surface area contributed by atoms with E-state index in [1.165, 1.54) is 0 Å². The first kappa shape index (κ1) is 21.7. The van der Waals surface area contributed by atoms with Gasteiger partial charge in [-0.15, -0.1) is 11.3 Å². The molecular weight excluding hydrogens is 384 g/mol. The Bertz CT molecular complexity index is 729. The fourth-order valence-electron chi connectivity index (χ4n) is 3.16. The maximum atomic E-state index is 5.82. The molecule has 0 bridgehead atoms. The molecule has 6 nitrogen and oxygen atoms in total. The van der Waals surface area contributed by atoms with Crippen molar-refractivity contribution < 1.29 is 9.47 Å². The molecule has 29 heavy (non-hydrogen) atoms. The molecule has 1 aliphatic heterocycles. The van der Waals surface area contributed by atoms with Crippen molar-refractivity contribution in [1.29, 1.82) is 0 Å². The van der Waals surface area contributed by atoms with Crippen molar-refractivity contribution in [2.75, 3.05) is 39.5 Å². The van der Waals surface area contributed by atoms with Gasteiger partial charge >= 0.3 is 0 Å². The summed E-state index contributed by atoms with van der Waals surface area (Å²) in [6.07, 6.45) is 3.21. The number of nitrogens with zero attached hydrogens (tertiary/aromatic N) is 2. The van der Waals surface area contributed by atoms with E-state index in [9.17, 15) is 0 Å². The van der Waals surface area contributed by atoms with Crippen LogP contribution in [0.25, 0.3) is 11.3 Å². The van der Waals surface area contributed by atoms with Gasteiger partial charge in [-0.05, 0) is 32.1 Å². The van der Waals surface area contributed by atoms with E-state index < -0.39 is 0 Å². The molecule has 1 aromatic carbocycles. The van der Waals surface area contributed by atoms with E-state index in [0.717, 1.165) is 81.0 Å². The molecule has 0 spiro atoms. The molecule has 2 aromatic rings. The Morgan fingerprint density at radius 1 is 1.24 bits per heavy atom. The van der Waals surface area contributed by atoms with Crippen LogP contribution in [0.5, 0.6) is 0 Å². The number of thiazole rings is 1. The SMILES string of the molecule is CCNC(=NCc1nc(-c2ccccc2)cs1)NCCCOCC1CCOCC1. The molecule has 1 aliphatic rings. The van der Waals surface area contributed by atoms with Gasteiger partial charge in [0.1, 0.15) is 5.01 Å². The first-order valence-electron chi connectivity index (χ1n) is 10.5. The lowest BCUT2D eigenvalue weighted by atomic mass is 10.0. The van der Waals surface area contributed by atoms with Gasteiger partial charge in [-0.3, -0.25) is 0 Å². The molecule has 1 fully saturated rings. The molecule has 2 heterocycles. The molecule has 0 aliphatic carbocycles. The van der Waals surface area contributed by atoms with Crippen molar-refractivity contribution in [2.24, 2.45) is 10.9 Å². The molecule has 2 N–H and O–H groups in total. The number of ether oxygens (including phenoxy) is 2. The smallest absolute Gasteiger partial charge is 0.191 e. The van der Waals surface area contributed by atoms with Gasteiger partial charge in [0.05, 0.1) is 12.2 Å². The van der Waals surface area contributed by atoms with Gasteiger partial charge in [0, 0.05) is 50.5 Å². The minimum absolute atomic E-state index is 0.576. The first-order chi connectivity index (χ1) is 14.3. The summed E-state index contributed by atoms with van der Waals surface area (Å²) in [6.45, 7) is 7.71. The Labute approximate surface area is 177 Å². The molecule has 0 saturated carbocycles. The zero-order valence-electron chi connectivity index (χ0n) is 17.2. The third-order valence-corrected chi connectivity index (χ3v) is 5.62. The van der Waals surface area contributed by atoms with E-state index in [4.69, 9.17) is 14.5 Å². The Morgan fingerprint density at radius 2 is 2.07 bits per heavy atom. The molecule has 1 aromatic heterocycles.